The molecule has 1 heterocycles. The standard InChI is InChI=1S/C14H15F2NO/c1-2-7-17-9-13-10(6-8-18-13)11-4-3-5-12(15)14(11)16/h3-6,8,17H,2,7,9H2,1H3. The van der Waals surface area contributed by atoms with Gasteiger partial charge in [-0.05, 0) is 25.1 Å². The monoisotopic (exact) mass is 251 g/mol. The highest BCUT2D eigenvalue weighted by Gasteiger charge is 2.14. The van der Waals surface area contributed by atoms with Crippen molar-refractivity contribution in [2.75, 3.05) is 6.54 Å². The van der Waals surface area contributed by atoms with Gasteiger partial charge in [0.05, 0.1) is 12.8 Å². The van der Waals surface area contributed by atoms with Gasteiger partial charge in [0, 0.05) is 11.1 Å². The van der Waals surface area contributed by atoms with Crippen LogP contribution in [0.3, 0.4) is 0 Å². The first-order chi connectivity index (χ1) is 8.74. The molecule has 0 saturated heterocycles. The van der Waals surface area contributed by atoms with E-state index >= 15 is 0 Å². The third-order valence-electron chi connectivity index (χ3n) is 2.70. The number of benzene rings is 1. The molecule has 2 nitrogen and oxygen atoms in total. The Morgan fingerprint density at radius 1 is 1.17 bits per heavy atom. The summed E-state index contributed by atoms with van der Waals surface area (Å²) in [5, 5.41) is 3.17. The molecule has 1 N–H and O–H groups in total. The SMILES string of the molecule is CCCNCc1occc1-c1cccc(F)c1F. The van der Waals surface area contributed by atoms with Gasteiger partial charge in [0.25, 0.3) is 0 Å². The van der Waals surface area contributed by atoms with E-state index in [0.717, 1.165) is 19.0 Å². The maximum absolute atomic E-state index is 13.7. The molecule has 0 radical (unpaired) electrons. The second kappa shape index (κ2) is 5.78. The second-order valence-corrected chi connectivity index (χ2v) is 4.04. The molecule has 0 amide bonds. The molecular weight excluding hydrogens is 236 g/mol. The van der Waals surface area contributed by atoms with Gasteiger partial charge in [-0.3, -0.25) is 0 Å². The number of furan rings is 1. The summed E-state index contributed by atoms with van der Waals surface area (Å²) in [4.78, 5) is 0. The van der Waals surface area contributed by atoms with Gasteiger partial charge in [-0.1, -0.05) is 19.1 Å². The van der Waals surface area contributed by atoms with Gasteiger partial charge in [-0.15, -0.1) is 0 Å². The van der Waals surface area contributed by atoms with E-state index in [4.69, 9.17) is 4.42 Å². The van der Waals surface area contributed by atoms with Gasteiger partial charge >= 0.3 is 0 Å². The fourth-order valence-corrected chi connectivity index (χ4v) is 1.81. The van der Waals surface area contributed by atoms with Gasteiger partial charge < -0.3 is 9.73 Å². The first kappa shape index (κ1) is 12.8. The molecule has 2 aromatic rings. The van der Waals surface area contributed by atoms with Crippen LogP contribution in [0.5, 0.6) is 0 Å². The molecule has 0 aliphatic rings. The first-order valence-electron chi connectivity index (χ1n) is 5.95. The number of nitrogens with one attached hydrogen (secondary N) is 1. The van der Waals surface area contributed by atoms with E-state index in [9.17, 15) is 8.78 Å². The van der Waals surface area contributed by atoms with Crippen LogP contribution < -0.4 is 5.32 Å². The van der Waals surface area contributed by atoms with E-state index in [2.05, 4.69) is 12.2 Å². The molecule has 0 fully saturated rings. The van der Waals surface area contributed by atoms with Gasteiger partial charge in [0.1, 0.15) is 5.76 Å². The predicted molar refractivity (Wildman–Crippen MR) is 66.1 cm³/mol. The summed E-state index contributed by atoms with van der Waals surface area (Å²) >= 11 is 0. The molecule has 0 bridgehead atoms. The fraction of sp³-hybridized carbons (Fsp3) is 0.286. The number of rotatable bonds is 5. The second-order valence-electron chi connectivity index (χ2n) is 4.04. The number of halogens is 2. The molecule has 0 spiro atoms. The van der Waals surface area contributed by atoms with Crippen LogP contribution in [0.4, 0.5) is 8.78 Å². The average Bonchev–Trinajstić information content (AvgIpc) is 2.81. The zero-order valence-electron chi connectivity index (χ0n) is 10.2. The van der Waals surface area contributed by atoms with Gasteiger partial charge in [-0.2, -0.15) is 0 Å². The lowest BCUT2D eigenvalue weighted by atomic mass is 10.1. The molecule has 0 saturated carbocycles. The zero-order chi connectivity index (χ0) is 13.0. The fourth-order valence-electron chi connectivity index (χ4n) is 1.81. The maximum atomic E-state index is 13.7. The van der Waals surface area contributed by atoms with Crippen LogP contribution in [0.2, 0.25) is 0 Å². The zero-order valence-corrected chi connectivity index (χ0v) is 10.2. The molecule has 0 unspecified atom stereocenters. The third kappa shape index (κ3) is 2.59. The maximum Gasteiger partial charge on any atom is 0.166 e. The third-order valence-corrected chi connectivity index (χ3v) is 2.70. The largest absolute Gasteiger partial charge is 0.467 e. The Balaban J connectivity index is 2.28. The minimum atomic E-state index is -0.846. The highest BCUT2D eigenvalue weighted by atomic mass is 19.2. The van der Waals surface area contributed by atoms with Crippen LogP contribution in [-0.2, 0) is 6.54 Å². The molecule has 18 heavy (non-hydrogen) atoms. The van der Waals surface area contributed by atoms with Crippen LogP contribution in [0.15, 0.2) is 34.9 Å². The molecule has 96 valence electrons. The highest BCUT2D eigenvalue weighted by Crippen LogP contribution is 2.28. The van der Waals surface area contributed by atoms with Crippen molar-refractivity contribution in [2.24, 2.45) is 0 Å². The van der Waals surface area contributed by atoms with E-state index in [1.807, 2.05) is 0 Å². The van der Waals surface area contributed by atoms with Crippen LogP contribution in [0, 0.1) is 11.6 Å². The molecule has 4 heteroatoms. The molecule has 1 aromatic carbocycles. The van der Waals surface area contributed by atoms with Crippen LogP contribution >= 0.6 is 0 Å². The summed E-state index contributed by atoms with van der Waals surface area (Å²) < 4.78 is 32.2. The number of hydrogen-bond donors (Lipinski definition) is 1. The normalized spacial score (nSPS) is 10.8. The molecule has 0 aliphatic carbocycles. The van der Waals surface area contributed by atoms with Crippen molar-refractivity contribution >= 4 is 0 Å². The first-order valence-corrected chi connectivity index (χ1v) is 5.95. The topological polar surface area (TPSA) is 25.2 Å². The predicted octanol–water partition coefficient (Wildman–Crippen LogP) is 3.72. The Labute approximate surface area is 105 Å². The van der Waals surface area contributed by atoms with Gasteiger partial charge in [0.15, 0.2) is 11.6 Å². The van der Waals surface area contributed by atoms with E-state index in [1.54, 1.807) is 12.1 Å². The molecule has 1 aromatic heterocycles. The van der Waals surface area contributed by atoms with Crippen molar-refractivity contribution in [3.8, 4) is 11.1 Å². The van der Waals surface area contributed by atoms with Crippen molar-refractivity contribution < 1.29 is 13.2 Å². The van der Waals surface area contributed by atoms with E-state index in [1.165, 1.54) is 12.3 Å². The van der Waals surface area contributed by atoms with Crippen molar-refractivity contribution in [1.29, 1.82) is 0 Å². The van der Waals surface area contributed by atoms with Crippen molar-refractivity contribution in [1.82, 2.24) is 5.32 Å². The quantitative estimate of drug-likeness (QED) is 0.819. The summed E-state index contributed by atoms with van der Waals surface area (Å²) in [6.07, 6.45) is 2.49. The minimum Gasteiger partial charge on any atom is -0.467 e. The highest BCUT2D eigenvalue weighted by molar-refractivity contribution is 5.66. The summed E-state index contributed by atoms with van der Waals surface area (Å²) in [5.74, 6) is -1.07. The Hall–Kier alpha value is -1.68. The Morgan fingerprint density at radius 3 is 2.78 bits per heavy atom. The molecule has 2 rings (SSSR count). The van der Waals surface area contributed by atoms with Crippen molar-refractivity contribution in [3.05, 3.63) is 47.9 Å². The van der Waals surface area contributed by atoms with Crippen LogP contribution in [0.25, 0.3) is 11.1 Å². The summed E-state index contributed by atoms with van der Waals surface area (Å²) in [6, 6.07) is 5.80. The van der Waals surface area contributed by atoms with Crippen LogP contribution in [0.1, 0.15) is 19.1 Å². The van der Waals surface area contributed by atoms with E-state index in [0.29, 0.717) is 17.9 Å². The Bertz CT molecular complexity index is 522. The minimum absolute atomic E-state index is 0.233. The van der Waals surface area contributed by atoms with Gasteiger partial charge in [-0.25, -0.2) is 8.78 Å². The summed E-state index contributed by atoms with van der Waals surface area (Å²) in [7, 11) is 0. The van der Waals surface area contributed by atoms with E-state index < -0.39 is 11.6 Å². The molecule has 0 aliphatic heterocycles. The Kier molecular flexibility index (Phi) is 4.10. The van der Waals surface area contributed by atoms with Gasteiger partial charge in [0.2, 0.25) is 0 Å². The van der Waals surface area contributed by atoms with Crippen LogP contribution in [-0.4, -0.2) is 6.54 Å². The smallest absolute Gasteiger partial charge is 0.166 e. The number of hydrogen-bond acceptors (Lipinski definition) is 2. The lowest BCUT2D eigenvalue weighted by molar-refractivity contribution is 0.483. The molecular formula is C14H15F2NO. The van der Waals surface area contributed by atoms with Crippen molar-refractivity contribution in [3.63, 3.8) is 0 Å². The lowest BCUT2D eigenvalue weighted by Gasteiger charge is -2.05. The average molecular weight is 251 g/mol. The molecule has 0 atom stereocenters. The lowest BCUT2D eigenvalue weighted by Crippen LogP contribution is -2.13. The summed E-state index contributed by atoms with van der Waals surface area (Å²) in [6.45, 7) is 3.42. The summed E-state index contributed by atoms with van der Waals surface area (Å²) in [5.41, 5.74) is 0.827. The Morgan fingerprint density at radius 2 is 2.00 bits per heavy atom. The van der Waals surface area contributed by atoms with E-state index in [-0.39, 0.29) is 5.56 Å². The van der Waals surface area contributed by atoms with Crippen molar-refractivity contribution in [2.45, 2.75) is 19.9 Å².